The topological polar surface area (TPSA) is 21.3 Å². The standard InChI is InChI=1S/C16H21Cl2NO/c1-3-14(20-2)16-9-15(16,6-7-19-10-16)11-4-5-12(17)13(18)8-11/h4-5,8,14,19H,3,6-7,9-10H2,1-2H3. The highest BCUT2D eigenvalue weighted by Gasteiger charge is 2.71. The van der Waals surface area contributed by atoms with E-state index < -0.39 is 0 Å². The van der Waals surface area contributed by atoms with Crippen LogP contribution in [-0.2, 0) is 10.2 Å². The van der Waals surface area contributed by atoms with Gasteiger partial charge in [-0.3, -0.25) is 0 Å². The van der Waals surface area contributed by atoms with Crippen molar-refractivity contribution < 1.29 is 4.74 Å². The second-order valence-electron chi connectivity index (χ2n) is 6.10. The van der Waals surface area contributed by atoms with Crippen LogP contribution in [0.1, 0.15) is 31.7 Å². The van der Waals surface area contributed by atoms with Gasteiger partial charge in [-0.15, -0.1) is 0 Å². The Balaban J connectivity index is 2.00. The zero-order valence-corrected chi connectivity index (χ0v) is 13.5. The molecule has 1 aliphatic carbocycles. The van der Waals surface area contributed by atoms with Gasteiger partial charge < -0.3 is 10.1 Å². The van der Waals surface area contributed by atoms with Crippen LogP contribution in [0.5, 0.6) is 0 Å². The molecule has 4 heteroatoms. The molecule has 0 amide bonds. The molecule has 1 saturated heterocycles. The Morgan fingerprint density at radius 1 is 1.35 bits per heavy atom. The van der Waals surface area contributed by atoms with Crippen molar-refractivity contribution in [1.82, 2.24) is 5.32 Å². The Morgan fingerprint density at radius 2 is 2.15 bits per heavy atom. The second-order valence-corrected chi connectivity index (χ2v) is 6.92. The lowest BCUT2D eigenvalue weighted by Crippen LogP contribution is -2.45. The van der Waals surface area contributed by atoms with Gasteiger partial charge in [-0.25, -0.2) is 0 Å². The summed E-state index contributed by atoms with van der Waals surface area (Å²) in [4.78, 5) is 0. The third-order valence-corrected chi connectivity index (χ3v) is 6.10. The van der Waals surface area contributed by atoms with Gasteiger partial charge in [-0.1, -0.05) is 36.2 Å². The van der Waals surface area contributed by atoms with Crippen molar-refractivity contribution >= 4 is 23.2 Å². The predicted molar refractivity (Wildman–Crippen MR) is 83.8 cm³/mol. The number of methoxy groups -OCH3 is 1. The first kappa shape index (κ1) is 14.6. The lowest BCUT2D eigenvalue weighted by atomic mass is 9.77. The van der Waals surface area contributed by atoms with Crippen molar-refractivity contribution in [3.63, 3.8) is 0 Å². The molecular formula is C16H21Cl2NO. The van der Waals surface area contributed by atoms with Crippen molar-refractivity contribution in [1.29, 1.82) is 0 Å². The van der Waals surface area contributed by atoms with Crippen LogP contribution >= 0.6 is 23.2 Å². The van der Waals surface area contributed by atoms with E-state index in [1.165, 1.54) is 12.0 Å². The highest BCUT2D eigenvalue weighted by atomic mass is 35.5. The SMILES string of the molecule is CCC(OC)C12CNCCC1(c1ccc(Cl)c(Cl)c1)C2. The average Bonchev–Trinajstić information content (AvgIpc) is 3.14. The Morgan fingerprint density at radius 3 is 2.80 bits per heavy atom. The quantitative estimate of drug-likeness (QED) is 0.905. The number of hydrogen-bond donors (Lipinski definition) is 1. The van der Waals surface area contributed by atoms with Crippen molar-refractivity contribution in [3.8, 4) is 0 Å². The molecule has 3 rings (SSSR count). The number of ether oxygens (including phenoxy) is 1. The summed E-state index contributed by atoms with van der Waals surface area (Å²) in [7, 11) is 1.83. The fourth-order valence-electron chi connectivity index (χ4n) is 4.32. The largest absolute Gasteiger partial charge is 0.381 e. The first-order valence-electron chi connectivity index (χ1n) is 7.29. The van der Waals surface area contributed by atoms with Crippen LogP contribution in [0.3, 0.4) is 0 Å². The molecule has 3 atom stereocenters. The third-order valence-electron chi connectivity index (χ3n) is 5.36. The van der Waals surface area contributed by atoms with E-state index in [0.717, 1.165) is 25.9 Å². The molecule has 2 fully saturated rings. The molecule has 0 bridgehead atoms. The minimum Gasteiger partial charge on any atom is -0.381 e. The molecule has 2 nitrogen and oxygen atoms in total. The second kappa shape index (κ2) is 5.17. The molecule has 1 aromatic carbocycles. The Labute approximate surface area is 130 Å². The van der Waals surface area contributed by atoms with Crippen LogP contribution in [-0.4, -0.2) is 26.3 Å². The van der Waals surface area contributed by atoms with E-state index in [-0.39, 0.29) is 10.8 Å². The third kappa shape index (κ3) is 1.93. The van der Waals surface area contributed by atoms with E-state index in [0.29, 0.717) is 16.1 Å². The van der Waals surface area contributed by atoms with E-state index in [9.17, 15) is 0 Å². The molecule has 0 radical (unpaired) electrons. The summed E-state index contributed by atoms with van der Waals surface area (Å²) < 4.78 is 5.79. The molecule has 110 valence electrons. The van der Waals surface area contributed by atoms with Crippen molar-refractivity contribution in [2.45, 2.75) is 37.7 Å². The zero-order chi connectivity index (χ0) is 14.4. The Kier molecular flexibility index (Phi) is 3.79. The van der Waals surface area contributed by atoms with Crippen LogP contribution in [0.2, 0.25) is 10.0 Å². The lowest BCUT2D eigenvalue weighted by molar-refractivity contribution is 0.0189. The number of benzene rings is 1. The normalized spacial score (nSPS) is 33.6. The molecule has 1 saturated carbocycles. The summed E-state index contributed by atoms with van der Waals surface area (Å²) in [6.45, 7) is 4.29. The van der Waals surface area contributed by atoms with E-state index in [4.69, 9.17) is 27.9 Å². The van der Waals surface area contributed by atoms with Gasteiger partial charge in [-0.05, 0) is 43.5 Å². The van der Waals surface area contributed by atoms with Crippen LogP contribution in [0.15, 0.2) is 18.2 Å². The maximum atomic E-state index is 6.23. The summed E-state index contributed by atoms with van der Waals surface area (Å²) >= 11 is 12.3. The van der Waals surface area contributed by atoms with Crippen LogP contribution < -0.4 is 5.32 Å². The number of nitrogens with one attached hydrogen (secondary N) is 1. The molecule has 1 heterocycles. The smallest absolute Gasteiger partial charge is 0.0646 e. The average molecular weight is 314 g/mol. The minimum absolute atomic E-state index is 0.211. The fourth-order valence-corrected chi connectivity index (χ4v) is 4.62. The lowest BCUT2D eigenvalue weighted by Gasteiger charge is -2.36. The van der Waals surface area contributed by atoms with Crippen molar-refractivity contribution in [2.75, 3.05) is 20.2 Å². The molecule has 1 aromatic rings. The van der Waals surface area contributed by atoms with Crippen LogP contribution in [0.4, 0.5) is 0 Å². The highest BCUT2D eigenvalue weighted by molar-refractivity contribution is 6.42. The number of hydrogen-bond acceptors (Lipinski definition) is 2. The number of rotatable bonds is 4. The van der Waals surface area contributed by atoms with Gasteiger partial charge in [0.05, 0.1) is 16.1 Å². The molecular weight excluding hydrogens is 293 g/mol. The number of piperidine rings is 1. The minimum atomic E-state index is 0.211. The summed E-state index contributed by atoms with van der Waals surface area (Å²) in [6, 6.07) is 6.12. The Hall–Kier alpha value is -0.280. The summed E-state index contributed by atoms with van der Waals surface area (Å²) in [5.74, 6) is 0. The fraction of sp³-hybridized carbons (Fsp3) is 0.625. The monoisotopic (exact) mass is 313 g/mol. The van der Waals surface area contributed by atoms with Gasteiger partial charge in [0.15, 0.2) is 0 Å². The molecule has 2 aliphatic rings. The molecule has 20 heavy (non-hydrogen) atoms. The summed E-state index contributed by atoms with van der Waals surface area (Å²) in [5, 5.41) is 4.83. The maximum Gasteiger partial charge on any atom is 0.0646 e. The van der Waals surface area contributed by atoms with E-state index >= 15 is 0 Å². The van der Waals surface area contributed by atoms with Gasteiger partial charge in [0, 0.05) is 24.5 Å². The Bertz CT molecular complexity index is 517. The summed E-state index contributed by atoms with van der Waals surface area (Å²) in [6.07, 6.45) is 3.66. The number of fused-ring (bicyclic) bond motifs is 1. The first-order valence-corrected chi connectivity index (χ1v) is 8.04. The van der Waals surface area contributed by atoms with Gasteiger partial charge in [0.1, 0.15) is 0 Å². The van der Waals surface area contributed by atoms with Gasteiger partial charge >= 0.3 is 0 Å². The molecule has 1 N–H and O–H groups in total. The zero-order valence-electron chi connectivity index (χ0n) is 12.0. The van der Waals surface area contributed by atoms with Gasteiger partial charge in [0.2, 0.25) is 0 Å². The molecule has 0 aromatic heterocycles. The van der Waals surface area contributed by atoms with Crippen molar-refractivity contribution in [2.24, 2.45) is 5.41 Å². The predicted octanol–water partition coefficient (Wildman–Crippen LogP) is 4.04. The van der Waals surface area contributed by atoms with Gasteiger partial charge in [-0.2, -0.15) is 0 Å². The van der Waals surface area contributed by atoms with E-state index in [1.54, 1.807) is 0 Å². The highest BCUT2D eigenvalue weighted by Crippen LogP contribution is 2.70. The van der Waals surface area contributed by atoms with E-state index in [1.807, 2.05) is 13.2 Å². The van der Waals surface area contributed by atoms with E-state index in [2.05, 4.69) is 24.4 Å². The first-order chi connectivity index (χ1) is 9.59. The molecule has 3 unspecified atom stereocenters. The van der Waals surface area contributed by atoms with Crippen molar-refractivity contribution in [3.05, 3.63) is 33.8 Å². The number of halogens is 2. The van der Waals surface area contributed by atoms with Crippen LogP contribution in [0.25, 0.3) is 0 Å². The maximum absolute atomic E-state index is 6.23. The molecule has 1 aliphatic heterocycles. The molecule has 0 spiro atoms. The van der Waals surface area contributed by atoms with Gasteiger partial charge in [0.25, 0.3) is 0 Å². The summed E-state index contributed by atoms with van der Waals surface area (Å²) in [5.41, 5.74) is 1.75. The van der Waals surface area contributed by atoms with Crippen LogP contribution in [0, 0.1) is 5.41 Å².